The second-order valence-corrected chi connectivity index (χ2v) is 7.69. The minimum Gasteiger partial charge on any atom is -0.303 e. The Morgan fingerprint density at radius 3 is 2.76 bits per heavy atom. The first-order chi connectivity index (χ1) is 8.08. The molecule has 3 rings (SSSR count). The first-order valence-corrected chi connectivity index (χ1v) is 8.07. The topological polar surface area (TPSA) is 67.8 Å². The molecule has 2 aliphatic rings. The van der Waals surface area contributed by atoms with Gasteiger partial charge in [-0.1, -0.05) is 0 Å². The summed E-state index contributed by atoms with van der Waals surface area (Å²) in [6.07, 6.45) is 3.80. The zero-order chi connectivity index (χ0) is 12.0. The van der Waals surface area contributed by atoms with Crippen molar-refractivity contribution >= 4 is 22.1 Å². The fourth-order valence-corrected chi connectivity index (χ4v) is 4.44. The lowest BCUT2D eigenvalue weighted by Crippen LogP contribution is -2.23. The lowest BCUT2D eigenvalue weighted by molar-refractivity contribution is 0.555. The van der Waals surface area contributed by atoms with E-state index in [0.717, 1.165) is 31.5 Å². The number of hydrogen-bond donors (Lipinski definition) is 1. The molecule has 94 valence electrons. The molecule has 1 unspecified atom stereocenters. The lowest BCUT2D eigenvalue weighted by atomic mass is 10.2. The summed E-state index contributed by atoms with van der Waals surface area (Å²) in [7, 11) is -2.91. The van der Waals surface area contributed by atoms with Crippen LogP contribution in [0.3, 0.4) is 0 Å². The van der Waals surface area contributed by atoms with E-state index >= 15 is 0 Å². The molecule has 5 nitrogen and oxygen atoms in total. The van der Waals surface area contributed by atoms with E-state index in [1.54, 1.807) is 0 Å². The molecule has 1 aromatic heterocycles. The number of aromatic amines is 1. The molecule has 0 amide bonds. The van der Waals surface area contributed by atoms with Gasteiger partial charge in [-0.15, -0.1) is 0 Å². The van der Waals surface area contributed by atoms with Gasteiger partial charge in [0.1, 0.15) is 5.82 Å². The van der Waals surface area contributed by atoms with Crippen LogP contribution in [0.2, 0.25) is 0 Å². The Labute approximate surface area is 105 Å². The lowest BCUT2D eigenvalue weighted by Gasteiger charge is -2.11. The van der Waals surface area contributed by atoms with Gasteiger partial charge in [-0.05, 0) is 37.9 Å². The number of H-pyrrole nitrogens is 1. The first kappa shape index (κ1) is 11.4. The largest absolute Gasteiger partial charge is 0.303 e. The van der Waals surface area contributed by atoms with Gasteiger partial charge in [-0.3, -0.25) is 5.10 Å². The van der Waals surface area contributed by atoms with Crippen LogP contribution in [0.15, 0.2) is 0 Å². The van der Waals surface area contributed by atoms with Crippen molar-refractivity contribution in [1.82, 2.24) is 14.8 Å². The quantitative estimate of drug-likeness (QED) is 0.845. The van der Waals surface area contributed by atoms with E-state index in [0.29, 0.717) is 23.0 Å². The Morgan fingerprint density at radius 2 is 2.18 bits per heavy atom. The molecule has 1 aromatic rings. The molecule has 2 fully saturated rings. The average Bonchev–Trinajstić information content (AvgIpc) is 2.97. The molecule has 0 radical (unpaired) electrons. The molecule has 0 spiro atoms. The third-order valence-electron chi connectivity index (χ3n) is 3.58. The van der Waals surface area contributed by atoms with E-state index in [-0.39, 0.29) is 5.25 Å². The number of hydrogen-bond acceptors (Lipinski definition) is 4. The summed E-state index contributed by atoms with van der Waals surface area (Å²) in [5.41, 5.74) is 0. The highest BCUT2D eigenvalue weighted by Crippen LogP contribution is 2.39. The molecule has 2 heterocycles. The smallest absolute Gasteiger partial charge is 0.195 e. The number of nitrogens with zero attached hydrogens (tertiary/aromatic N) is 2. The van der Waals surface area contributed by atoms with Crippen molar-refractivity contribution in [1.29, 1.82) is 0 Å². The molecule has 0 bridgehead atoms. The molecule has 17 heavy (non-hydrogen) atoms. The van der Waals surface area contributed by atoms with Gasteiger partial charge in [0.05, 0.1) is 11.0 Å². The summed E-state index contributed by atoms with van der Waals surface area (Å²) in [5.74, 6) is 1.74. The zero-order valence-corrected chi connectivity index (χ0v) is 11.1. The number of aromatic nitrogens is 3. The van der Waals surface area contributed by atoms with Crippen LogP contribution >= 0.6 is 12.2 Å². The monoisotopic (exact) mass is 273 g/mol. The summed E-state index contributed by atoms with van der Waals surface area (Å²) in [6, 6.07) is 0. The highest BCUT2D eigenvalue weighted by atomic mass is 32.2. The Kier molecular flexibility index (Phi) is 2.62. The normalized spacial score (nSPS) is 27.4. The molecule has 1 atom stereocenters. The van der Waals surface area contributed by atoms with Gasteiger partial charge in [-0.25, -0.2) is 8.42 Å². The SMILES string of the molecule is O=S1(=O)CCCC1Cn1c(C2CC2)n[nH]c1=S. The van der Waals surface area contributed by atoms with Gasteiger partial charge in [0, 0.05) is 12.5 Å². The van der Waals surface area contributed by atoms with Crippen molar-refractivity contribution in [2.24, 2.45) is 0 Å². The van der Waals surface area contributed by atoms with E-state index in [1.807, 2.05) is 4.57 Å². The Morgan fingerprint density at radius 1 is 1.41 bits per heavy atom. The summed E-state index contributed by atoms with van der Waals surface area (Å²) >= 11 is 5.18. The van der Waals surface area contributed by atoms with Gasteiger partial charge in [-0.2, -0.15) is 5.10 Å². The van der Waals surface area contributed by atoms with Crippen molar-refractivity contribution in [3.05, 3.63) is 10.6 Å². The maximum absolute atomic E-state index is 11.8. The van der Waals surface area contributed by atoms with Crippen molar-refractivity contribution in [3.63, 3.8) is 0 Å². The molecular weight excluding hydrogens is 258 g/mol. The minimum atomic E-state index is -2.91. The standard InChI is InChI=1S/C10H15N3O2S2/c14-17(15)5-1-2-8(17)6-13-9(7-3-4-7)11-12-10(13)16/h7-8H,1-6H2,(H,12,16). The fourth-order valence-electron chi connectivity index (χ4n) is 2.43. The van der Waals surface area contributed by atoms with Crippen molar-refractivity contribution in [2.45, 2.75) is 43.4 Å². The van der Waals surface area contributed by atoms with Crippen LogP contribution in [0.1, 0.15) is 37.4 Å². The van der Waals surface area contributed by atoms with Crippen LogP contribution in [-0.2, 0) is 16.4 Å². The van der Waals surface area contributed by atoms with Crippen LogP contribution in [0.5, 0.6) is 0 Å². The number of rotatable bonds is 3. The predicted octanol–water partition coefficient (Wildman–Crippen LogP) is 1.40. The fraction of sp³-hybridized carbons (Fsp3) is 0.800. The van der Waals surface area contributed by atoms with Crippen molar-refractivity contribution < 1.29 is 8.42 Å². The molecule has 1 N–H and O–H groups in total. The van der Waals surface area contributed by atoms with E-state index in [4.69, 9.17) is 12.2 Å². The van der Waals surface area contributed by atoms with Crippen LogP contribution in [0.4, 0.5) is 0 Å². The van der Waals surface area contributed by atoms with Gasteiger partial charge in [0.15, 0.2) is 14.6 Å². The molecule has 1 aliphatic heterocycles. The summed E-state index contributed by atoms with van der Waals surface area (Å²) in [6.45, 7) is 0.476. The Hall–Kier alpha value is -0.690. The highest BCUT2D eigenvalue weighted by Gasteiger charge is 2.34. The molecule has 1 aliphatic carbocycles. The minimum absolute atomic E-state index is 0.274. The van der Waals surface area contributed by atoms with Crippen LogP contribution in [0, 0.1) is 4.77 Å². The predicted molar refractivity (Wildman–Crippen MR) is 66.2 cm³/mol. The maximum Gasteiger partial charge on any atom is 0.195 e. The van der Waals surface area contributed by atoms with Crippen molar-refractivity contribution in [2.75, 3.05) is 5.75 Å². The summed E-state index contributed by atoms with van der Waals surface area (Å²) < 4.78 is 26.1. The van der Waals surface area contributed by atoms with Crippen LogP contribution < -0.4 is 0 Å². The molecule has 1 saturated carbocycles. The van der Waals surface area contributed by atoms with E-state index in [9.17, 15) is 8.42 Å². The van der Waals surface area contributed by atoms with E-state index in [1.165, 1.54) is 0 Å². The van der Waals surface area contributed by atoms with Gasteiger partial charge >= 0.3 is 0 Å². The van der Waals surface area contributed by atoms with Gasteiger partial charge in [0.25, 0.3) is 0 Å². The van der Waals surface area contributed by atoms with Crippen LogP contribution in [0.25, 0.3) is 0 Å². The molecular formula is C10H15N3O2S2. The summed E-state index contributed by atoms with van der Waals surface area (Å²) in [5, 5.41) is 6.73. The van der Waals surface area contributed by atoms with E-state index < -0.39 is 9.84 Å². The highest BCUT2D eigenvalue weighted by molar-refractivity contribution is 7.92. The average molecular weight is 273 g/mol. The molecule has 1 saturated heterocycles. The summed E-state index contributed by atoms with van der Waals surface area (Å²) in [4.78, 5) is 0. The Bertz CT molecular complexity index is 583. The maximum atomic E-state index is 11.8. The van der Waals surface area contributed by atoms with Crippen LogP contribution in [-0.4, -0.2) is 34.2 Å². The Balaban J connectivity index is 1.90. The van der Waals surface area contributed by atoms with Gasteiger partial charge < -0.3 is 4.57 Å². The second-order valence-electron chi connectivity index (χ2n) is 4.90. The van der Waals surface area contributed by atoms with E-state index in [2.05, 4.69) is 10.2 Å². The number of nitrogens with one attached hydrogen (secondary N) is 1. The molecule has 0 aromatic carbocycles. The van der Waals surface area contributed by atoms with Gasteiger partial charge in [0.2, 0.25) is 0 Å². The first-order valence-electron chi connectivity index (χ1n) is 5.94. The second kappa shape index (κ2) is 3.91. The zero-order valence-electron chi connectivity index (χ0n) is 9.42. The van der Waals surface area contributed by atoms with Crippen molar-refractivity contribution in [3.8, 4) is 0 Å². The molecule has 7 heteroatoms. The third kappa shape index (κ3) is 2.06. The number of sulfone groups is 1. The third-order valence-corrected chi connectivity index (χ3v) is 6.15.